The van der Waals surface area contributed by atoms with Gasteiger partial charge in [-0.25, -0.2) is 4.79 Å². The first-order chi connectivity index (χ1) is 9.22. The molecule has 4 heteroatoms. The number of thioether (sulfide) groups is 2. The zero-order valence-corrected chi connectivity index (χ0v) is 12.1. The number of aromatic carboxylic acids is 1. The third-order valence-electron chi connectivity index (χ3n) is 2.69. The van der Waals surface area contributed by atoms with Crippen molar-refractivity contribution in [1.29, 1.82) is 0 Å². The van der Waals surface area contributed by atoms with Crippen LogP contribution >= 0.6 is 23.5 Å². The molecule has 2 nitrogen and oxygen atoms in total. The highest BCUT2D eigenvalue weighted by Gasteiger charge is 2.10. The molecule has 0 atom stereocenters. The van der Waals surface area contributed by atoms with Gasteiger partial charge in [0.05, 0.1) is 5.56 Å². The van der Waals surface area contributed by atoms with E-state index in [-0.39, 0.29) is 0 Å². The number of rotatable bonds is 5. The van der Waals surface area contributed by atoms with Crippen LogP contribution in [-0.4, -0.2) is 17.3 Å². The smallest absolute Gasteiger partial charge is 0.336 e. The first kappa shape index (κ1) is 14.0. The van der Waals surface area contributed by atoms with Crippen LogP contribution in [0.4, 0.5) is 0 Å². The van der Waals surface area contributed by atoms with Gasteiger partial charge in [0.2, 0.25) is 0 Å². The van der Waals surface area contributed by atoms with Gasteiger partial charge in [-0.05, 0) is 30.0 Å². The van der Waals surface area contributed by atoms with E-state index >= 15 is 0 Å². The summed E-state index contributed by atoms with van der Waals surface area (Å²) in [6.45, 7) is 0. The first-order valence-corrected chi connectivity index (χ1v) is 8.00. The van der Waals surface area contributed by atoms with Gasteiger partial charge < -0.3 is 5.11 Å². The average Bonchev–Trinajstić information content (AvgIpc) is 2.45. The fraction of sp³-hybridized carbons (Fsp3) is 0.133. The summed E-state index contributed by atoms with van der Waals surface area (Å²) in [5, 5.41) is 9.15. The summed E-state index contributed by atoms with van der Waals surface area (Å²) in [7, 11) is 0. The van der Waals surface area contributed by atoms with Crippen molar-refractivity contribution < 1.29 is 9.90 Å². The van der Waals surface area contributed by atoms with Crippen molar-refractivity contribution in [2.75, 3.05) is 6.26 Å². The fourth-order valence-electron chi connectivity index (χ4n) is 1.75. The molecule has 0 aliphatic carbocycles. The predicted molar refractivity (Wildman–Crippen MR) is 81.2 cm³/mol. The van der Waals surface area contributed by atoms with Crippen LogP contribution in [-0.2, 0) is 5.75 Å². The van der Waals surface area contributed by atoms with E-state index in [4.69, 9.17) is 5.11 Å². The highest BCUT2D eigenvalue weighted by atomic mass is 32.2. The summed E-state index contributed by atoms with van der Waals surface area (Å²) in [6, 6.07) is 15.3. The summed E-state index contributed by atoms with van der Waals surface area (Å²) in [6.07, 6.45) is 2.05. The van der Waals surface area contributed by atoms with Gasteiger partial charge in [0.1, 0.15) is 0 Å². The van der Waals surface area contributed by atoms with Crippen molar-refractivity contribution >= 4 is 29.5 Å². The number of carbonyl (C=O) groups is 1. The van der Waals surface area contributed by atoms with Crippen molar-refractivity contribution in [3.63, 3.8) is 0 Å². The maximum absolute atomic E-state index is 11.1. The Kier molecular flexibility index (Phi) is 4.93. The third-order valence-corrected chi connectivity index (χ3v) is 4.65. The van der Waals surface area contributed by atoms with E-state index in [1.165, 1.54) is 10.5 Å². The van der Waals surface area contributed by atoms with E-state index < -0.39 is 5.97 Å². The average molecular weight is 290 g/mol. The first-order valence-electron chi connectivity index (χ1n) is 5.79. The van der Waals surface area contributed by atoms with E-state index in [2.05, 4.69) is 18.4 Å². The third kappa shape index (κ3) is 3.55. The maximum atomic E-state index is 11.1. The van der Waals surface area contributed by atoms with E-state index in [0.717, 1.165) is 10.6 Å². The molecule has 2 aromatic carbocycles. The van der Waals surface area contributed by atoms with E-state index in [0.29, 0.717) is 5.56 Å². The van der Waals surface area contributed by atoms with Crippen LogP contribution in [0.15, 0.2) is 58.3 Å². The molecule has 0 saturated carbocycles. The molecule has 0 amide bonds. The van der Waals surface area contributed by atoms with Crippen LogP contribution in [0.1, 0.15) is 15.9 Å². The van der Waals surface area contributed by atoms with Crippen LogP contribution in [0.5, 0.6) is 0 Å². The van der Waals surface area contributed by atoms with Crippen molar-refractivity contribution in [3.8, 4) is 0 Å². The van der Waals surface area contributed by atoms with Gasteiger partial charge in [0.15, 0.2) is 0 Å². The summed E-state index contributed by atoms with van der Waals surface area (Å²) in [4.78, 5) is 13.2. The van der Waals surface area contributed by atoms with Crippen LogP contribution in [0, 0.1) is 0 Å². The summed E-state index contributed by atoms with van der Waals surface area (Å²) in [5.74, 6) is -0.0948. The van der Waals surface area contributed by atoms with Crippen molar-refractivity contribution in [2.24, 2.45) is 0 Å². The zero-order chi connectivity index (χ0) is 13.7. The van der Waals surface area contributed by atoms with Gasteiger partial charge >= 0.3 is 5.97 Å². The molecule has 0 heterocycles. The summed E-state index contributed by atoms with van der Waals surface area (Å²) in [5.41, 5.74) is 1.61. The molecule has 2 aromatic rings. The maximum Gasteiger partial charge on any atom is 0.336 e. The van der Waals surface area contributed by atoms with Crippen molar-refractivity contribution in [2.45, 2.75) is 15.5 Å². The molecule has 0 radical (unpaired) electrons. The highest BCUT2D eigenvalue weighted by molar-refractivity contribution is 7.99. The normalized spacial score (nSPS) is 10.4. The minimum atomic E-state index is -0.874. The van der Waals surface area contributed by atoms with Crippen LogP contribution in [0.3, 0.4) is 0 Å². The molecule has 0 unspecified atom stereocenters. The summed E-state index contributed by atoms with van der Waals surface area (Å²) < 4.78 is 0. The minimum absolute atomic E-state index is 0.370. The second-order valence-corrected chi connectivity index (χ2v) is 5.77. The molecular formula is C15H14O2S2. The van der Waals surface area contributed by atoms with Gasteiger partial charge in [-0.15, -0.1) is 23.5 Å². The molecule has 0 aromatic heterocycles. The largest absolute Gasteiger partial charge is 0.478 e. The van der Waals surface area contributed by atoms with Crippen LogP contribution in [0.2, 0.25) is 0 Å². The second-order valence-electron chi connectivity index (χ2n) is 3.90. The Hall–Kier alpha value is -1.39. The monoisotopic (exact) mass is 290 g/mol. The fourth-order valence-corrected chi connectivity index (χ4v) is 3.50. The van der Waals surface area contributed by atoms with Crippen LogP contribution < -0.4 is 0 Å². The SMILES string of the molecule is CSc1ccccc1CSc1ccccc1C(=O)O. The molecule has 0 bridgehead atoms. The highest BCUT2D eigenvalue weighted by Crippen LogP contribution is 2.30. The number of carboxylic acid groups (broad SMARTS) is 1. The lowest BCUT2D eigenvalue weighted by Crippen LogP contribution is -1.98. The molecular weight excluding hydrogens is 276 g/mol. The van der Waals surface area contributed by atoms with Crippen molar-refractivity contribution in [3.05, 3.63) is 59.7 Å². The molecule has 0 saturated heterocycles. The van der Waals surface area contributed by atoms with Gasteiger partial charge in [0.25, 0.3) is 0 Å². The standard InChI is InChI=1S/C15H14O2S2/c1-18-13-8-4-2-6-11(13)10-19-14-9-5-3-7-12(14)15(16)17/h2-9H,10H2,1H3,(H,16,17). The van der Waals surface area contributed by atoms with Crippen LogP contribution in [0.25, 0.3) is 0 Å². The Morgan fingerprint density at radius 3 is 2.37 bits per heavy atom. The lowest BCUT2D eigenvalue weighted by atomic mass is 10.2. The Balaban J connectivity index is 2.17. The quantitative estimate of drug-likeness (QED) is 0.828. The molecule has 0 fully saturated rings. The van der Waals surface area contributed by atoms with Gasteiger partial charge in [-0.1, -0.05) is 30.3 Å². The number of benzene rings is 2. The lowest BCUT2D eigenvalue weighted by Gasteiger charge is -2.08. The van der Waals surface area contributed by atoms with E-state index in [1.54, 1.807) is 35.7 Å². The van der Waals surface area contributed by atoms with Crippen molar-refractivity contribution in [1.82, 2.24) is 0 Å². The molecule has 0 aliphatic heterocycles. The molecule has 2 rings (SSSR count). The van der Waals surface area contributed by atoms with E-state index in [1.807, 2.05) is 24.3 Å². The van der Waals surface area contributed by atoms with Gasteiger partial charge in [0, 0.05) is 15.5 Å². The van der Waals surface area contributed by atoms with Gasteiger partial charge in [-0.2, -0.15) is 0 Å². The Morgan fingerprint density at radius 2 is 1.68 bits per heavy atom. The van der Waals surface area contributed by atoms with Gasteiger partial charge in [-0.3, -0.25) is 0 Å². The summed E-state index contributed by atoms with van der Waals surface area (Å²) >= 11 is 3.28. The topological polar surface area (TPSA) is 37.3 Å². The zero-order valence-electron chi connectivity index (χ0n) is 10.5. The number of carboxylic acids is 1. The molecule has 98 valence electrons. The Bertz CT molecular complexity index is 582. The molecule has 0 spiro atoms. The predicted octanol–water partition coefficient (Wildman–Crippen LogP) is 4.40. The molecule has 1 N–H and O–H groups in total. The number of hydrogen-bond acceptors (Lipinski definition) is 3. The second kappa shape index (κ2) is 6.68. The minimum Gasteiger partial charge on any atom is -0.478 e. The molecule has 0 aliphatic rings. The number of hydrogen-bond donors (Lipinski definition) is 1. The Labute approximate surface area is 121 Å². The Morgan fingerprint density at radius 1 is 1.05 bits per heavy atom. The molecule has 19 heavy (non-hydrogen) atoms. The van der Waals surface area contributed by atoms with E-state index in [9.17, 15) is 4.79 Å². The lowest BCUT2D eigenvalue weighted by molar-refractivity contribution is 0.0693.